The summed E-state index contributed by atoms with van der Waals surface area (Å²) in [6, 6.07) is 65.6. The van der Waals surface area contributed by atoms with E-state index in [9.17, 15) is 0 Å². The SMILES string of the molecule is c1ccc(N(c2ccc3c4cc5ccccc5cc4n(-c4ccc5ccccc5c4)c3c2)c2c3ccccc3cc3c2oc2ccccc23)cc1. The van der Waals surface area contributed by atoms with E-state index < -0.39 is 0 Å². The van der Waals surface area contributed by atoms with Crippen molar-refractivity contribution in [1.82, 2.24) is 4.57 Å². The number of rotatable bonds is 4. The second-order valence-electron chi connectivity index (χ2n) is 13.4. The summed E-state index contributed by atoms with van der Waals surface area (Å²) in [5, 5.41) is 11.9. The molecule has 11 rings (SSSR count). The second-order valence-corrected chi connectivity index (χ2v) is 13.4. The molecule has 0 bridgehead atoms. The minimum Gasteiger partial charge on any atom is -0.454 e. The number of fused-ring (bicyclic) bond motifs is 9. The van der Waals surface area contributed by atoms with Crippen LogP contribution in [0.3, 0.4) is 0 Å². The zero-order chi connectivity index (χ0) is 33.5. The van der Waals surface area contributed by atoms with Gasteiger partial charge in [-0.15, -0.1) is 0 Å². The fraction of sp³-hybridized carbons (Fsp3) is 0. The Kier molecular flexibility index (Phi) is 5.96. The van der Waals surface area contributed by atoms with Crippen LogP contribution in [0.1, 0.15) is 0 Å². The van der Waals surface area contributed by atoms with E-state index in [1.165, 1.54) is 43.2 Å². The predicted octanol–water partition coefficient (Wildman–Crippen LogP) is 13.6. The van der Waals surface area contributed by atoms with Crippen molar-refractivity contribution in [3.8, 4) is 5.69 Å². The molecule has 0 aliphatic rings. The molecule has 0 amide bonds. The zero-order valence-electron chi connectivity index (χ0n) is 27.6. The van der Waals surface area contributed by atoms with Gasteiger partial charge in [0.15, 0.2) is 5.58 Å². The van der Waals surface area contributed by atoms with Gasteiger partial charge in [0, 0.05) is 44.0 Å². The third-order valence-electron chi connectivity index (χ3n) is 10.5. The average molecular weight is 651 g/mol. The van der Waals surface area contributed by atoms with Crippen molar-refractivity contribution in [3.05, 3.63) is 182 Å². The van der Waals surface area contributed by atoms with Crippen molar-refractivity contribution < 1.29 is 4.42 Å². The minimum absolute atomic E-state index is 0.875. The highest BCUT2D eigenvalue weighted by Crippen LogP contribution is 2.47. The van der Waals surface area contributed by atoms with Crippen LogP contribution in [0.4, 0.5) is 17.1 Å². The summed E-state index contributed by atoms with van der Waals surface area (Å²) < 4.78 is 9.22. The standard InChI is InChI=1S/C48H30N2O/c1-2-17-36(18-3-1)49(47-39-19-9-8-16-35(39)28-43-41-20-10-11-21-46(41)51-48(43)47)38-24-25-40-42-27-33-14-6-7-15-34(33)29-44(42)50(45(40)30-38)37-23-22-31-12-4-5-13-32(31)26-37/h1-30H. The first kappa shape index (κ1) is 28.0. The van der Waals surface area contributed by atoms with Gasteiger partial charge in [0.2, 0.25) is 0 Å². The van der Waals surface area contributed by atoms with Crippen LogP contribution in [0.25, 0.3) is 81.7 Å². The first-order valence-corrected chi connectivity index (χ1v) is 17.4. The third kappa shape index (κ3) is 4.25. The smallest absolute Gasteiger partial charge is 0.160 e. The fourth-order valence-corrected chi connectivity index (χ4v) is 8.13. The maximum atomic E-state index is 6.78. The highest BCUT2D eigenvalue weighted by Gasteiger charge is 2.24. The Morgan fingerprint density at radius 3 is 1.82 bits per heavy atom. The molecular weight excluding hydrogens is 621 g/mol. The van der Waals surface area contributed by atoms with Crippen molar-refractivity contribution in [1.29, 1.82) is 0 Å². The van der Waals surface area contributed by atoms with Crippen LogP contribution in [0.5, 0.6) is 0 Å². The molecule has 0 atom stereocenters. The molecule has 0 aliphatic carbocycles. The number of aromatic nitrogens is 1. The topological polar surface area (TPSA) is 21.3 Å². The van der Waals surface area contributed by atoms with Crippen molar-refractivity contribution in [2.24, 2.45) is 0 Å². The third-order valence-corrected chi connectivity index (χ3v) is 10.5. The lowest BCUT2D eigenvalue weighted by Crippen LogP contribution is -2.11. The lowest BCUT2D eigenvalue weighted by Gasteiger charge is -2.27. The van der Waals surface area contributed by atoms with Crippen LogP contribution in [0.2, 0.25) is 0 Å². The van der Waals surface area contributed by atoms with Gasteiger partial charge >= 0.3 is 0 Å². The van der Waals surface area contributed by atoms with E-state index >= 15 is 0 Å². The molecular formula is C48H30N2O. The summed E-state index contributed by atoms with van der Waals surface area (Å²) in [5.74, 6) is 0. The molecule has 0 spiro atoms. The Morgan fingerprint density at radius 1 is 0.373 bits per heavy atom. The number of para-hydroxylation sites is 2. The van der Waals surface area contributed by atoms with Gasteiger partial charge in [-0.2, -0.15) is 0 Å². The Bertz CT molecular complexity index is 3150. The lowest BCUT2D eigenvalue weighted by molar-refractivity contribution is 0.669. The molecule has 238 valence electrons. The van der Waals surface area contributed by atoms with Gasteiger partial charge in [0.25, 0.3) is 0 Å². The fourth-order valence-electron chi connectivity index (χ4n) is 8.13. The van der Waals surface area contributed by atoms with E-state index in [-0.39, 0.29) is 0 Å². The molecule has 0 N–H and O–H groups in total. The highest BCUT2D eigenvalue weighted by molar-refractivity contribution is 6.20. The average Bonchev–Trinajstić information content (AvgIpc) is 3.71. The maximum Gasteiger partial charge on any atom is 0.160 e. The molecule has 2 aromatic heterocycles. The van der Waals surface area contributed by atoms with E-state index in [2.05, 4.69) is 185 Å². The van der Waals surface area contributed by atoms with Gasteiger partial charge in [0.1, 0.15) is 5.58 Å². The molecule has 9 aromatic carbocycles. The molecule has 0 saturated heterocycles. The number of furan rings is 1. The summed E-state index contributed by atoms with van der Waals surface area (Å²) >= 11 is 0. The number of benzene rings is 9. The molecule has 3 heteroatoms. The van der Waals surface area contributed by atoms with Crippen molar-refractivity contribution in [3.63, 3.8) is 0 Å². The van der Waals surface area contributed by atoms with Gasteiger partial charge in [-0.05, 0) is 87.6 Å². The molecule has 0 radical (unpaired) electrons. The molecule has 2 heterocycles. The number of hydrogen-bond donors (Lipinski definition) is 0. The van der Waals surface area contributed by atoms with Gasteiger partial charge in [-0.25, -0.2) is 0 Å². The first-order chi connectivity index (χ1) is 25.3. The van der Waals surface area contributed by atoms with Crippen molar-refractivity contribution >= 4 is 93.1 Å². The largest absolute Gasteiger partial charge is 0.454 e. The van der Waals surface area contributed by atoms with Crippen LogP contribution in [-0.2, 0) is 0 Å². The van der Waals surface area contributed by atoms with Crippen LogP contribution < -0.4 is 4.90 Å². The molecule has 51 heavy (non-hydrogen) atoms. The lowest BCUT2D eigenvalue weighted by atomic mass is 10.0. The normalized spacial score (nSPS) is 11.9. The van der Waals surface area contributed by atoms with E-state index in [4.69, 9.17) is 4.42 Å². The van der Waals surface area contributed by atoms with Crippen molar-refractivity contribution in [2.45, 2.75) is 0 Å². The molecule has 0 saturated carbocycles. The van der Waals surface area contributed by atoms with Crippen LogP contribution in [0.15, 0.2) is 186 Å². The van der Waals surface area contributed by atoms with E-state index in [0.29, 0.717) is 0 Å². The van der Waals surface area contributed by atoms with Crippen molar-refractivity contribution in [2.75, 3.05) is 4.90 Å². The first-order valence-electron chi connectivity index (χ1n) is 17.4. The summed E-state index contributed by atoms with van der Waals surface area (Å²) in [6.45, 7) is 0. The molecule has 0 aliphatic heterocycles. The monoisotopic (exact) mass is 650 g/mol. The van der Waals surface area contributed by atoms with Gasteiger partial charge in [0.05, 0.1) is 16.7 Å². The Balaban J connectivity index is 1.26. The molecule has 0 fully saturated rings. The molecule has 0 unspecified atom stereocenters. The van der Waals surface area contributed by atoms with Crippen LogP contribution in [0, 0.1) is 0 Å². The highest BCUT2D eigenvalue weighted by atomic mass is 16.3. The quantitative estimate of drug-likeness (QED) is 0.189. The molecule has 3 nitrogen and oxygen atoms in total. The van der Waals surface area contributed by atoms with Crippen LogP contribution >= 0.6 is 0 Å². The predicted molar refractivity (Wildman–Crippen MR) is 215 cm³/mol. The number of hydrogen-bond acceptors (Lipinski definition) is 2. The Labute approximate surface area is 293 Å². The van der Waals surface area contributed by atoms with E-state index in [0.717, 1.165) is 55.6 Å². The van der Waals surface area contributed by atoms with Gasteiger partial charge in [-0.3, -0.25) is 0 Å². The van der Waals surface area contributed by atoms with Crippen LogP contribution in [-0.4, -0.2) is 4.57 Å². The summed E-state index contributed by atoms with van der Waals surface area (Å²) in [5.41, 5.74) is 8.38. The maximum absolute atomic E-state index is 6.78. The van der Waals surface area contributed by atoms with Gasteiger partial charge < -0.3 is 13.9 Å². The second kappa shape index (κ2) is 10.8. The number of nitrogens with zero attached hydrogens (tertiary/aromatic N) is 2. The minimum atomic E-state index is 0.875. The Hall–Kier alpha value is -6.84. The summed E-state index contributed by atoms with van der Waals surface area (Å²) in [6.07, 6.45) is 0. The van der Waals surface area contributed by atoms with E-state index in [1.807, 2.05) is 6.07 Å². The summed E-state index contributed by atoms with van der Waals surface area (Å²) in [7, 11) is 0. The summed E-state index contributed by atoms with van der Waals surface area (Å²) in [4.78, 5) is 2.38. The van der Waals surface area contributed by atoms with Gasteiger partial charge in [-0.1, -0.05) is 121 Å². The molecule has 11 aromatic rings. The van der Waals surface area contributed by atoms with E-state index in [1.54, 1.807) is 0 Å². The number of anilines is 3. The zero-order valence-corrected chi connectivity index (χ0v) is 27.6. The Morgan fingerprint density at radius 2 is 1.00 bits per heavy atom.